The van der Waals surface area contributed by atoms with Gasteiger partial charge in [-0.05, 0) is 62.6 Å². The third kappa shape index (κ3) is 4.36. The van der Waals surface area contributed by atoms with Gasteiger partial charge in [0, 0.05) is 35.0 Å². The van der Waals surface area contributed by atoms with Crippen LogP contribution in [0.15, 0.2) is 52.2 Å². The molecule has 2 heterocycles. The highest BCUT2D eigenvalue weighted by Crippen LogP contribution is 2.31. The number of aryl methyl sites for hydroxylation is 2. The first-order valence-corrected chi connectivity index (χ1v) is 10.2. The summed E-state index contributed by atoms with van der Waals surface area (Å²) in [4.78, 5) is 29.0. The first kappa shape index (κ1) is 20.8. The van der Waals surface area contributed by atoms with Gasteiger partial charge in [-0.1, -0.05) is 11.6 Å². The molecule has 0 saturated heterocycles. The molecule has 31 heavy (non-hydrogen) atoms. The second-order valence-corrected chi connectivity index (χ2v) is 7.66. The summed E-state index contributed by atoms with van der Waals surface area (Å²) in [5, 5.41) is 4.90. The molecule has 0 bridgehead atoms. The Kier molecular flexibility index (Phi) is 5.86. The zero-order valence-electron chi connectivity index (χ0n) is 17.1. The number of carbonyl (C=O) groups is 2. The normalized spacial score (nSPS) is 14.2. The number of carbonyl (C=O) groups excluding carboxylic acids is 2. The molecule has 7 nitrogen and oxygen atoms in total. The minimum absolute atomic E-state index is 0.130. The molecule has 8 heteroatoms. The van der Waals surface area contributed by atoms with Gasteiger partial charge in [0.1, 0.15) is 11.5 Å². The van der Waals surface area contributed by atoms with Crippen LogP contribution in [0, 0.1) is 13.8 Å². The molecular formula is C23H20ClN3O4. The number of aromatic nitrogens is 1. The molecule has 1 N–H and O–H groups in total. The number of rotatable bonds is 4. The molecule has 0 unspecified atom stereocenters. The topological polar surface area (TPSA) is 93.8 Å². The molecule has 1 amide bonds. The molecule has 3 aromatic rings. The van der Waals surface area contributed by atoms with Crippen LogP contribution in [0.2, 0.25) is 5.02 Å². The molecule has 1 aliphatic carbocycles. The van der Waals surface area contributed by atoms with Crippen molar-refractivity contribution in [2.75, 3.05) is 0 Å². The quantitative estimate of drug-likeness (QED) is 0.364. The second kappa shape index (κ2) is 8.73. The smallest absolute Gasteiger partial charge is 0.379 e. The summed E-state index contributed by atoms with van der Waals surface area (Å²) in [6.07, 6.45) is 5.20. The molecule has 158 valence electrons. The maximum absolute atomic E-state index is 12.7. The minimum atomic E-state index is -0.590. The zero-order chi connectivity index (χ0) is 22.0. The van der Waals surface area contributed by atoms with Crippen LogP contribution in [-0.4, -0.2) is 22.6 Å². The lowest BCUT2D eigenvalue weighted by molar-refractivity contribution is 0.0698. The van der Waals surface area contributed by atoms with E-state index < -0.39 is 5.97 Å². The highest BCUT2D eigenvalue weighted by Gasteiger charge is 2.29. The van der Waals surface area contributed by atoms with Crippen molar-refractivity contribution < 1.29 is 18.7 Å². The molecule has 0 saturated carbocycles. The summed E-state index contributed by atoms with van der Waals surface area (Å²) in [5.74, 6) is 0.237. The monoisotopic (exact) mass is 437 g/mol. The van der Waals surface area contributed by atoms with Crippen molar-refractivity contribution in [2.45, 2.75) is 33.1 Å². The molecule has 0 aliphatic heterocycles. The number of fused-ring (bicyclic) bond motifs is 1. The SMILES string of the molecule is Cc1cc(OC(=O)c2oc3c(c2C)/C(=N/NC(=O)c2cccnc2)CCC3)ccc1Cl. The van der Waals surface area contributed by atoms with Crippen LogP contribution in [0.4, 0.5) is 0 Å². The van der Waals surface area contributed by atoms with E-state index in [0.717, 1.165) is 17.5 Å². The van der Waals surface area contributed by atoms with Gasteiger partial charge in [0.2, 0.25) is 5.76 Å². The van der Waals surface area contributed by atoms with Gasteiger partial charge in [0.15, 0.2) is 0 Å². The summed E-state index contributed by atoms with van der Waals surface area (Å²) >= 11 is 6.03. The second-order valence-electron chi connectivity index (χ2n) is 7.25. The van der Waals surface area contributed by atoms with E-state index >= 15 is 0 Å². The van der Waals surface area contributed by atoms with Gasteiger partial charge >= 0.3 is 5.97 Å². The average molecular weight is 438 g/mol. The van der Waals surface area contributed by atoms with Gasteiger partial charge in [0.25, 0.3) is 5.91 Å². The van der Waals surface area contributed by atoms with Gasteiger partial charge in [-0.2, -0.15) is 5.10 Å². The number of nitrogens with zero attached hydrogens (tertiary/aromatic N) is 2. The van der Waals surface area contributed by atoms with Crippen molar-refractivity contribution >= 4 is 29.2 Å². The fraction of sp³-hybridized carbons (Fsp3) is 0.217. The highest BCUT2D eigenvalue weighted by molar-refractivity contribution is 6.31. The number of esters is 1. The van der Waals surface area contributed by atoms with E-state index in [0.29, 0.717) is 46.2 Å². The molecule has 2 aromatic heterocycles. The lowest BCUT2D eigenvalue weighted by Gasteiger charge is -2.13. The predicted octanol–water partition coefficient (Wildman–Crippen LogP) is 4.63. The van der Waals surface area contributed by atoms with Crippen LogP contribution in [0.25, 0.3) is 0 Å². The molecule has 4 rings (SSSR count). The first-order chi connectivity index (χ1) is 14.9. The standard InChI is InChI=1S/C23H20ClN3O4/c1-13-11-16(8-9-17(13)24)30-23(29)21-14(2)20-18(6-3-7-19(20)31-21)26-27-22(28)15-5-4-10-25-12-15/h4-5,8-12H,3,6-7H2,1-2H3,(H,27,28)/b26-18+. The van der Waals surface area contributed by atoms with E-state index in [4.69, 9.17) is 20.8 Å². The minimum Gasteiger partial charge on any atom is -0.453 e. The van der Waals surface area contributed by atoms with E-state index in [2.05, 4.69) is 15.5 Å². The van der Waals surface area contributed by atoms with Crippen LogP contribution >= 0.6 is 11.6 Å². The number of hydrogen-bond acceptors (Lipinski definition) is 6. The van der Waals surface area contributed by atoms with Gasteiger partial charge in [-0.25, -0.2) is 10.2 Å². The summed E-state index contributed by atoms with van der Waals surface area (Å²) in [6.45, 7) is 3.62. The summed E-state index contributed by atoms with van der Waals surface area (Å²) in [5.41, 5.74) is 5.84. The molecule has 1 aromatic carbocycles. The summed E-state index contributed by atoms with van der Waals surface area (Å²) in [7, 11) is 0. The van der Waals surface area contributed by atoms with E-state index in [1.54, 1.807) is 43.5 Å². The van der Waals surface area contributed by atoms with Gasteiger partial charge in [-0.15, -0.1) is 0 Å². The number of ether oxygens (including phenoxy) is 1. The van der Waals surface area contributed by atoms with Crippen molar-refractivity contribution in [3.63, 3.8) is 0 Å². The Bertz CT molecular complexity index is 1190. The average Bonchev–Trinajstić information content (AvgIpc) is 3.12. The van der Waals surface area contributed by atoms with Crippen molar-refractivity contribution in [1.82, 2.24) is 10.4 Å². The molecule has 0 fully saturated rings. The Morgan fingerprint density at radius 1 is 1.23 bits per heavy atom. The van der Waals surface area contributed by atoms with Crippen LogP contribution in [0.1, 0.15) is 56.2 Å². The molecule has 0 spiro atoms. The lowest BCUT2D eigenvalue weighted by Crippen LogP contribution is -2.22. The molecule has 0 atom stereocenters. The van der Waals surface area contributed by atoms with Gasteiger partial charge < -0.3 is 9.15 Å². The van der Waals surface area contributed by atoms with Crippen molar-refractivity contribution in [3.8, 4) is 5.75 Å². The van der Waals surface area contributed by atoms with E-state index in [9.17, 15) is 9.59 Å². The first-order valence-electron chi connectivity index (χ1n) is 9.82. The van der Waals surface area contributed by atoms with Crippen molar-refractivity contribution in [3.05, 3.63) is 81.5 Å². The number of hydrogen-bond donors (Lipinski definition) is 1. The van der Waals surface area contributed by atoms with Crippen LogP contribution in [-0.2, 0) is 6.42 Å². The highest BCUT2D eigenvalue weighted by atomic mass is 35.5. The number of benzene rings is 1. The van der Waals surface area contributed by atoms with Crippen LogP contribution in [0.3, 0.4) is 0 Å². The van der Waals surface area contributed by atoms with Gasteiger partial charge in [-0.3, -0.25) is 9.78 Å². The Balaban J connectivity index is 1.57. The largest absolute Gasteiger partial charge is 0.453 e. The Morgan fingerprint density at radius 3 is 2.81 bits per heavy atom. The fourth-order valence-electron chi connectivity index (χ4n) is 3.49. The third-order valence-corrected chi connectivity index (χ3v) is 5.49. The fourth-order valence-corrected chi connectivity index (χ4v) is 3.61. The number of furan rings is 1. The molecule has 1 aliphatic rings. The lowest BCUT2D eigenvalue weighted by atomic mass is 9.93. The van der Waals surface area contributed by atoms with E-state index in [1.807, 2.05) is 6.92 Å². The number of hydrazone groups is 1. The van der Waals surface area contributed by atoms with Crippen molar-refractivity contribution in [2.24, 2.45) is 5.10 Å². The number of nitrogens with one attached hydrogen (secondary N) is 1. The molecular weight excluding hydrogens is 418 g/mol. The van der Waals surface area contributed by atoms with E-state index in [-0.39, 0.29) is 11.7 Å². The predicted molar refractivity (Wildman–Crippen MR) is 116 cm³/mol. The number of pyridine rings is 1. The summed E-state index contributed by atoms with van der Waals surface area (Å²) < 4.78 is 11.3. The Labute approximate surface area is 184 Å². The Hall–Kier alpha value is -3.45. The van der Waals surface area contributed by atoms with Gasteiger partial charge in [0.05, 0.1) is 11.3 Å². The number of amides is 1. The third-order valence-electron chi connectivity index (χ3n) is 5.07. The zero-order valence-corrected chi connectivity index (χ0v) is 17.8. The molecule has 0 radical (unpaired) electrons. The van der Waals surface area contributed by atoms with Crippen LogP contribution in [0.5, 0.6) is 5.75 Å². The Morgan fingerprint density at radius 2 is 2.06 bits per heavy atom. The summed E-state index contributed by atoms with van der Waals surface area (Å²) in [6, 6.07) is 8.34. The number of halogens is 1. The van der Waals surface area contributed by atoms with E-state index in [1.165, 1.54) is 6.20 Å². The maximum atomic E-state index is 12.7. The van der Waals surface area contributed by atoms with Crippen molar-refractivity contribution in [1.29, 1.82) is 0 Å². The van der Waals surface area contributed by atoms with Crippen LogP contribution < -0.4 is 10.2 Å². The maximum Gasteiger partial charge on any atom is 0.379 e.